The fraction of sp³-hybridized carbons (Fsp3) is 0.667. The summed E-state index contributed by atoms with van der Waals surface area (Å²) in [6.45, 7) is 3.95. The second kappa shape index (κ2) is 5.29. The van der Waals surface area contributed by atoms with Gasteiger partial charge >= 0.3 is 5.97 Å². The molecule has 0 unspecified atom stereocenters. The van der Waals surface area contributed by atoms with Crippen LogP contribution in [0.5, 0.6) is 0 Å². The van der Waals surface area contributed by atoms with E-state index in [1.807, 2.05) is 6.92 Å². The first-order chi connectivity index (χ1) is 4.72. The van der Waals surface area contributed by atoms with Gasteiger partial charge in [-0.25, -0.2) is 4.79 Å². The first-order valence-corrected chi connectivity index (χ1v) is 4.09. The molecule has 10 heavy (non-hydrogen) atoms. The number of hydrogen-bond donors (Lipinski definition) is 1. The molecule has 0 aliphatic carbocycles. The Morgan fingerprint density at radius 1 is 1.60 bits per heavy atom. The molecule has 4 heteroatoms. The molecular weight excluding hydrogens is 150 g/mol. The van der Waals surface area contributed by atoms with Crippen LogP contribution in [0, 0.1) is 5.41 Å². The zero-order valence-corrected chi connectivity index (χ0v) is 6.96. The predicted octanol–water partition coefficient (Wildman–Crippen LogP) is 1.28. The summed E-state index contributed by atoms with van der Waals surface area (Å²) in [7, 11) is 0. The number of ether oxygens (including phenoxy) is 1. The summed E-state index contributed by atoms with van der Waals surface area (Å²) in [5, 5.41) is 7.08. The van der Waals surface area contributed by atoms with Gasteiger partial charge in [0.2, 0.25) is 0 Å². The Hall–Kier alpha value is -0.510. The van der Waals surface area contributed by atoms with Crippen LogP contribution in [-0.4, -0.2) is 23.4 Å². The number of carbonyl (C=O) groups is 1. The molecule has 3 nitrogen and oxygen atoms in total. The molecule has 0 saturated carbocycles. The summed E-state index contributed by atoms with van der Waals surface area (Å²) >= 11 is 1.19. The second-order valence-corrected chi connectivity index (χ2v) is 2.76. The third-order valence-electron chi connectivity index (χ3n) is 0.750. The first kappa shape index (κ1) is 9.49. The lowest BCUT2D eigenvalue weighted by atomic mass is 10.7. The van der Waals surface area contributed by atoms with Crippen molar-refractivity contribution in [2.45, 2.75) is 13.8 Å². The fourth-order valence-electron chi connectivity index (χ4n) is 0.400. The van der Waals surface area contributed by atoms with Gasteiger partial charge in [0.15, 0.2) is 5.04 Å². The van der Waals surface area contributed by atoms with E-state index in [1.54, 1.807) is 6.92 Å². The summed E-state index contributed by atoms with van der Waals surface area (Å²) in [5.74, 6) is 0.215. The maximum atomic E-state index is 10.7. The van der Waals surface area contributed by atoms with Crippen molar-refractivity contribution >= 4 is 22.8 Å². The van der Waals surface area contributed by atoms with Gasteiger partial charge < -0.3 is 4.74 Å². The molecule has 0 bridgehead atoms. The summed E-state index contributed by atoms with van der Waals surface area (Å²) in [6.07, 6.45) is 0. The molecule has 0 aliphatic heterocycles. The van der Waals surface area contributed by atoms with Crippen LogP contribution in [-0.2, 0) is 9.53 Å². The highest BCUT2D eigenvalue weighted by molar-refractivity contribution is 8.15. The third kappa shape index (κ3) is 3.50. The summed E-state index contributed by atoms with van der Waals surface area (Å²) < 4.78 is 4.57. The maximum absolute atomic E-state index is 10.7. The maximum Gasteiger partial charge on any atom is 0.362 e. The van der Waals surface area contributed by atoms with Crippen molar-refractivity contribution in [1.82, 2.24) is 0 Å². The van der Waals surface area contributed by atoms with E-state index in [2.05, 4.69) is 4.74 Å². The van der Waals surface area contributed by atoms with Gasteiger partial charge in [0.1, 0.15) is 0 Å². The Bertz CT molecular complexity index is 120. The molecule has 0 aromatic rings. The quantitative estimate of drug-likeness (QED) is 0.377. The van der Waals surface area contributed by atoms with E-state index in [0.717, 1.165) is 5.75 Å². The van der Waals surface area contributed by atoms with Crippen molar-refractivity contribution in [2.75, 3.05) is 12.4 Å². The Labute approximate surface area is 64.6 Å². The smallest absolute Gasteiger partial charge is 0.362 e. The minimum absolute atomic E-state index is 0.00986. The van der Waals surface area contributed by atoms with Gasteiger partial charge in [0.25, 0.3) is 0 Å². The van der Waals surface area contributed by atoms with E-state index in [1.165, 1.54) is 11.8 Å². The topological polar surface area (TPSA) is 50.2 Å². The van der Waals surface area contributed by atoms with Crippen molar-refractivity contribution in [3.8, 4) is 0 Å². The summed E-state index contributed by atoms with van der Waals surface area (Å²) in [4.78, 5) is 10.7. The van der Waals surface area contributed by atoms with Crippen molar-refractivity contribution in [3.63, 3.8) is 0 Å². The van der Waals surface area contributed by atoms with E-state index >= 15 is 0 Å². The standard InChI is InChI=1S/C6H11NO2S/c1-3-9-6(8)5(7)10-4-2/h7H,3-4H2,1-2H3. The number of thioether (sulfide) groups is 1. The molecule has 0 amide bonds. The van der Waals surface area contributed by atoms with Crippen LogP contribution in [0.3, 0.4) is 0 Å². The highest BCUT2D eigenvalue weighted by Crippen LogP contribution is 2.01. The lowest BCUT2D eigenvalue weighted by Gasteiger charge is -1.99. The van der Waals surface area contributed by atoms with Gasteiger partial charge in [0, 0.05) is 0 Å². The van der Waals surface area contributed by atoms with Crippen LogP contribution in [0.15, 0.2) is 0 Å². The monoisotopic (exact) mass is 161 g/mol. The normalized spacial score (nSPS) is 9.00. The minimum Gasteiger partial charge on any atom is -0.461 e. The Kier molecular flexibility index (Phi) is 5.02. The summed E-state index contributed by atoms with van der Waals surface area (Å²) in [5.41, 5.74) is 0. The van der Waals surface area contributed by atoms with Gasteiger partial charge in [-0.15, -0.1) is 0 Å². The molecule has 1 N–H and O–H groups in total. The number of hydrogen-bond acceptors (Lipinski definition) is 4. The third-order valence-corrected chi connectivity index (χ3v) is 1.49. The van der Waals surface area contributed by atoms with Crippen molar-refractivity contribution in [3.05, 3.63) is 0 Å². The number of carbonyl (C=O) groups excluding carboxylic acids is 1. The van der Waals surface area contributed by atoms with Crippen LogP contribution in [0.4, 0.5) is 0 Å². The average molecular weight is 161 g/mol. The molecule has 0 fully saturated rings. The van der Waals surface area contributed by atoms with Gasteiger partial charge in [-0.2, -0.15) is 0 Å². The van der Waals surface area contributed by atoms with Gasteiger partial charge in [-0.05, 0) is 12.7 Å². The zero-order valence-electron chi connectivity index (χ0n) is 6.14. The second-order valence-electron chi connectivity index (χ2n) is 1.48. The van der Waals surface area contributed by atoms with E-state index in [-0.39, 0.29) is 5.04 Å². The number of nitrogens with one attached hydrogen (secondary N) is 1. The Morgan fingerprint density at radius 3 is 2.60 bits per heavy atom. The van der Waals surface area contributed by atoms with E-state index in [9.17, 15) is 4.79 Å². The zero-order chi connectivity index (χ0) is 7.98. The van der Waals surface area contributed by atoms with Crippen LogP contribution in [0.25, 0.3) is 0 Å². The molecule has 0 atom stereocenters. The molecule has 0 radical (unpaired) electrons. The van der Waals surface area contributed by atoms with Gasteiger partial charge in [-0.1, -0.05) is 18.7 Å². The largest absolute Gasteiger partial charge is 0.461 e. The highest BCUT2D eigenvalue weighted by Gasteiger charge is 2.08. The molecule has 0 heterocycles. The van der Waals surface area contributed by atoms with Crippen molar-refractivity contribution in [1.29, 1.82) is 5.41 Å². The minimum atomic E-state index is -0.519. The van der Waals surface area contributed by atoms with Crippen LogP contribution in [0.1, 0.15) is 13.8 Å². The number of rotatable bonds is 2. The molecule has 0 aromatic carbocycles. The Morgan fingerprint density at radius 2 is 2.20 bits per heavy atom. The average Bonchev–Trinajstić information content (AvgIpc) is 1.89. The molecule has 58 valence electrons. The molecule has 0 spiro atoms. The lowest BCUT2D eigenvalue weighted by molar-refractivity contribution is -0.134. The molecule has 0 rings (SSSR count). The highest BCUT2D eigenvalue weighted by atomic mass is 32.2. The fourth-order valence-corrected chi connectivity index (χ4v) is 0.865. The van der Waals surface area contributed by atoms with Crippen molar-refractivity contribution < 1.29 is 9.53 Å². The van der Waals surface area contributed by atoms with Gasteiger partial charge in [0.05, 0.1) is 6.61 Å². The first-order valence-electron chi connectivity index (χ1n) is 3.10. The van der Waals surface area contributed by atoms with Crippen LogP contribution < -0.4 is 0 Å². The number of esters is 1. The molecule has 0 aromatic heterocycles. The molecule has 0 aliphatic rings. The lowest BCUT2D eigenvalue weighted by Crippen LogP contribution is -2.13. The van der Waals surface area contributed by atoms with E-state index in [4.69, 9.17) is 5.41 Å². The predicted molar refractivity (Wildman–Crippen MR) is 42.5 cm³/mol. The van der Waals surface area contributed by atoms with Crippen LogP contribution in [0.2, 0.25) is 0 Å². The Balaban J connectivity index is 3.60. The van der Waals surface area contributed by atoms with E-state index < -0.39 is 5.97 Å². The van der Waals surface area contributed by atoms with E-state index in [0.29, 0.717) is 6.61 Å². The van der Waals surface area contributed by atoms with Crippen molar-refractivity contribution in [2.24, 2.45) is 0 Å². The molecular formula is C6H11NO2S. The SMILES string of the molecule is CCOC(=O)C(=N)SCC. The summed E-state index contributed by atoms with van der Waals surface area (Å²) in [6, 6.07) is 0. The van der Waals surface area contributed by atoms with Crippen LogP contribution >= 0.6 is 11.8 Å². The van der Waals surface area contributed by atoms with Gasteiger partial charge in [-0.3, -0.25) is 5.41 Å². The molecule has 0 saturated heterocycles.